The molecule has 0 atom stereocenters. The van der Waals surface area contributed by atoms with E-state index in [-0.39, 0.29) is 12.3 Å². The molecule has 90 valence electrons. The highest BCUT2D eigenvalue weighted by Crippen LogP contribution is 2.27. The van der Waals surface area contributed by atoms with Crippen molar-refractivity contribution in [2.45, 2.75) is 0 Å². The summed E-state index contributed by atoms with van der Waals surface area (Å²) in [6, 6.07) is 5.43. The van der Waals surface area contributed by atoms with Gasteiger partial charge in [0.2, 0.25) is 10.0 Å². The maximum Gasteiger partial charge on any atom is 0.210 e. The average Bonchev–Trinajstić information content (AvgIpc) is 2.16. The summed E-state index contributed by atoms with van der Waals surface area (Å²) in [5, 5.41) is 7.84. The Hall–Kier alpha value is -0.790. The van der Waals surface area contributed by atoms with Gasteiger partial charge in [0.1, 0.15) is 5.75 Å². The smallest absolute Gasteiger partial charge is 0.210 e. The molecule has 0 saturated heterocycles. The summed E-state index contributed by atoms with van der Waals surface area (Å²) in [5.74, 6) is 0.528. The lowest BCUT2D eigenvalue weighted by molar-refractivity contribution is 0.416. The Bertz CT molecular complexity index is 462. The lowest BCUT2D eigenvalue weighted by Gasteiger charge is -2.10. The average molecular weight is 309 g/mol. The summed E-state index contributed by atoms with van der Waals surface area (Å²) in [6.45, 7) is 0.242. The number of nitrogens with two attached hydrogens (primary N) is 1. The molecule has 0 amide bonds. The number of hydrogen-bond acceptors (Lipinski definition) is 4. The van der Waals surface area contributed by atoms with Gasteiger partial charge in [-0.1, -0.05) is 15.9 Å². The molecule has 1 rings (SSSR count). The van der Waals surface area contributed by atoms with E-state index in [1.165, 1.54) is 0 Å². The Morgan fingerprint density at radius 3 is 2.75 bits per heavy atom. The molecule has 0 heterocycles. The Morgan fingerprint density at radius 2 is 2.19 bits per heavy atom. The van der Waals surface area contributed by atoms with Gasteiger partial charge in [0.15, 0.2) is 0 Å². The molecule has 0 bridgehead atoms. The van der Waals surface area contributed by atoms with E-state index in [0.29, 0.717) is 5.75 Å². The molecule has 7 heteroatoms. The van der Waals surface area contributed by atoms with Crippen molar-refractivity contribution in [1.82, 2.24) is 0 Å². The Morgan fingerprint density at radius 1 is 1.50 bits per heavy atom. The first-order chi connectivity index (χ1) is 7.42. The summed E-state index contributed by atoms with van der Waals surface area (Å²) in [7, 11) is -1.89. The monoisotopic (exact) mass is 308 g/mol. The van der Waals surface area contributed by atoms with E-state index in [1.807, 2.05) is 12.1 Å². The fourth-order valence-corrected chi connectivity index (χ4v) is 1.89. The fourth-order valence-electron chi connectivity index (χ4n) is 1.15. The van der Waals surface area contributed by atoms with Crippen LogP contribution in [0.15, 0.2) is 22.7 Å². The molecule has 16 heavy (non-hydrogen) atoms. The van der Waals surface area contributed by atoms with E-state index in [2.05, 4.69) is 21.2 Å². The number of nitrogens with one attached hydrogen (secondary N) is 1. The number of primary sulfonamides is 1. The van der Waals surface area contributed by atoms with Crippen LogP contribution in [-0.4, -0.2) is 27.8 Å². The number of hydrogen-bond donors (Lipinski definition) is 2. The molecule has 5 nitrogen and oxygen atoms in total. The normalized spacial score (nSPS) is 11.2. The first-order valence-corrected chi connectivity index (χ1v) is 7.01. The van der Waals surface area contributed by atoms with Gasteiger partial charge in [0, 0.05) is 11.0 Å². The predicted octanol–water partition coefficient (Wildman–Crippen LogP) is 1.16. The van der Waals surface area contributed by atoms with E-state index in [0.717, 1.165) is 10.2 Å². The van der Waals surface area contributed by atoms with Crippen molar-refractivity contribution in [2.24, 2.45) is 5.14 Å². The Balaban J connectivity index is 2.69. The van der Waals surface area contributed by atoms with E-state index in [4.69, 9.17) is 9.88 Å². The zero-order chi connectivity index (χ0) is 12.2. The standard InChI is InChI=1S/C9H13BrN2O3S/c1-15-9-3-2-7(10)6-8(9)12-4-5-16(11,13)14/h2-3,6,12H,4-5H2,1H3,(H2,11,13,14). The number of rotatable bonds is 5. The molecule has 0 unspecified atom stereocenters. The number of halogens is 1. The second-order valence-electron chi connectivity index (χ2n) is 3.14. The first-order valence-electron chi connectivity index (χ1n) is 4.50. The van der Waals surface area contributed by atoms with Crippen LogP contribution in [0.2, 0.25) is 0 Å². The van der Waals surface area contributed by atoms with E-state index in [9.17, 15) is 8.42 Å². The Kier molecular flexibility index (Phi) is 4.57. The Labute approximate surface area is 103 Å². The number of benzene rings is 1. The zero-order valence-corrected chi connectivity index (χ0v) is 11.1. The van der Waals surface area contributed by atoms with Gasteiger partial charge in [0.05, 0.1) is 18.6 Å². The van der Waals surface area contributed by atoms with Gasteiger partial charge in [-0.25, -0.2) is 13.6 Å². The maximum atomic E-state index is 10.7. The van der Waals surface area contributed by atoms with Crippen LogP contribution in [-0.2, 0) is 10.0 Å². The molecule has 3 N–H and O–H groups in total. The molecule has 1 aromatic carbocycles. The molecular weight excluding hydrogens is 296 g/mol. The van der Waals surface area contributed by atoms with E-state index < -0.39 is 10.0 Å². The van der Waals surface area contributed by atoms with Gasteiger partial charge in [-0.3, -0.25) is 0 Å². The molecule has 0 radical (unpaired) electrons. The highest BCUT2D eigenvalue weighted by atomic mass is 79.9. The van der Waals surface area contributed by atoms with E-state index >= 15 is 0 Å². The predicted molar refractivity (Wildman–Crippen MR) is 67.2 cm³/mol. The van der Waals surface area contributed by atoms with Gasteiger partial charge in [0.25, 0.3) is 0 Å². The van der Waals surface area contributed by atoms with Gasteiger partial charge in [-0.2, -0.15) is 0 Å². The van der Waals surface area contributed by atoms with Gasteiger partial charge >= 0.3 is 0 Å². The third-order valence-corrected chi connectivity index (χ3v) is 3.13. The summed E-state index contributed by atoms with van der Waals surface area (Å²) >= 11 is 3.32. The molecule has 0 aliphatic rings. The fraction of sp³-hybridized carbons (Fsp3) is 0.333. The zero-order valence-electron chi connectivity index (χ0n) is 8.73. The van der Waals surface area contributed by atoms with Crippen LogP contribution in [0.4, 0.5) is 5.69 Å². The van der Waals surface area contributed by atoms with Crippen LogP contribution in [0, 0.1) is 0 Å². The molecule has 0 aromatic heterocycles. The number of ether oxygens (including phenoxy) is 1. The summed E-state index contributed by atoms with van der Waals surface area (Å²) in [4.78, 5) is 0. The molecule has 0 spiro atoms. The van der Waals surface area contributed by atoms with E-state index in [1.54, 1.807) is 13.2 Å². The minimum absolute atomic E-state index is 0.122. The quantitative estimate of drug-likeness (QED) is 0.855. The van der Waals surface area contributed by atoms with Gasteiger partial charge in [-0.15, -0.1) is 0 Å². The number of anilines is 1. The maximum absolute atomic E-state index is 10.7. The minimum atomic E-state index is -3.44. The summed E-state index contributed by atoms with van der Waals surface area (Å²) in [5.41, 5.74) is 0.723. The van der Waals surface area contributed by atoms with Crippen molar-refractivity contribution in [3.05, 3.63) is 22.7 Å². The second-order valence-corrected chi connectivity index (χ2v) is 5.79. The van der Waals surface area contributed by atoms with Crippen LogP contribution in [0.5, 0.6) is 5.75 Å². The van der Waals surface area contributed by atoms with Crippen LogP contribution in [0.25, 0.3) is 0 Å². The molecular formula is C9H13BrN2O3S. The van der Waals surface area contributed by atoms with Crippen LogP contribution < -0.4 is 15.2 Å². The molecule has 0 saturated carbocycles. The van der Waals surface area contributed by atoms with Crippen molar-refractivity contribution < 1.29 is 13.2 Å². The summed E-state index contributed by atoms with van der Waals surface area (Å²) in [6.07, 6.45) is 0. The first kappa shape index (κ1) is 13.3. The van der Waals surface area contributed by atoms with Crippen LogP contribution in [0.3, 0.4) is 0 Å². The highest BCUT2D eigenvalue weighted by molar-refractivity contribution is 9.10. The third-order valence-electron chi connectivity index (χ3n) is 1.86. The number of methoxy groups -OCH3 is 1. The molecule has 0 fully saturated rings. The van der Waals surface area contributed by atoms with Crippen molar-refractivity contribution in [1.29, 1.82) is 0 Å². The minimum Gasteiger partial charge on any atom is -0.495 e. The SMILES string of the molecule is COc1ccc(Br)cc1NCCS(N)(=O)=O. The second kappa shape index (κ2) is 5.51. The highest BCUT2D eigenvalue weighted by Gasteiger charge is 2.05. The van der Waals surface area contributed by atoms with Crippen molar-refractivity contribution >= 4 is 31.6 Å². The van der Waals surface area contributed by atoms with Crippen molar-refractivity contribution in [2.75, 3.05) is 24.7 Å². The van der Waals surface area contributed by atoms with Gasteiger partial charge < -0.3 is 10.1 Å². The lowest BCUT2D eigenvalue weighted by atomic mass is 10.3. The van der Waals surface area contributed by atoms with Crippen molar-refractivity contribution in [3.8, 4) is 5.75 Å². The van der Waals surface area contributed by atoms with Crippen LogP contribution in [0.1, 0.15) is 0 Å². The third kappa shape index (κ3) is 4.38. The van der Waals surface area contributed by atoms with Crippen molar-refractivity contribution in [3.63, 3.8) is 0 Å². The lowest BCUT2D eigenvalue weighted by Crippen LogP contribution is -2.22. The van der Waals surface area contributed by atoms with Gasteiger partial charge in [-0.05, 0) is 18.2 Å². The number of sulfonamides is 1. The summed E-state index contributed by atoms with van der Waals surface area (Å²) < 4.78 is 27.5. The molecule has 0 aliphatic carbocycles. The largest absolute Gasteiger partial charge is 0.495 e. The van der Waals surface area contributed by atoms with Crippen LogP contribution >= 0.6 is 15.9 Å². The molecule has 1 aromatic rings. The molecule has 0 aliphatic heterocycles. The topological polar surface area (TPSA) is 81.4 Å².